The number of rotatable bonds is 4. The number of aryl methyl sites for hydroxylation is 1. The van der Waals surface area contributed by atoms with Crippen LogP contribution < -0.4 is 5.32 Å². The Morgan fingerprint density at radius 2 is 2.15 bits per heavy atom. The van der Waals surface area contributed by atoms with E-state index in [9.17, 15) is 13.2 Å². The predicted molar refractivity (Wildman–Crippen MR) is 73.3 cm³/mol. The summed E-state index contributed by atoms with van der Waals surface area (Å²) in [6, 6.07) is 0.000786. The molecule has 0 atom stereocenters. The number of carbonyl (C=O) groups excluding carboxylic acids is 1. The lowest BCUT2D eigenvalue weighted by Gasteiger charge is -2.31. The smallest absolute Gasteiger partial charge is 0.246 e. The van der Waals surface area contributed by atoms with Gasteiger partial charge < -0.3 is 5.32 Å². The fraction of sp³-hybridized carbons (Fsp3) is 0.500. The Labute approximate surface area is 118 Å². The Bertz CT molecular complexity index is 600. The van der Waals surface area contributed by atoms with Crippen molar-refractivity contribution in [2.45, 2.75) is 23.8 Å². The van der Waals surface area contributed by atoms with Crippen LogP contribution >= 0.6 is 0 Å². The largest absolute Gasteiger partial charge is 0.350 e. The average Bonchev–Trinajstić information content (AvgIpc) is 2.86. The molecule has 1 saturated heterocycles. The van der Waals surface area contributed by atoms with E-state index in [0.717, 1.165) is 0 Å². The summed E-state index contributed by atoms with van der Waals surface area (Å²) in [7, 11) is -1.80. The van der Waals surface area contributed by atoms with E-state index >= 15 is 0 Å². The maximum absolute atomic E-state index is 12.4. The molecule has 1 N–H and O–H groups in total. The van der Waals surface area contributed by atoms with Crippen LogP contribution in [0.5, 0.6) is 0 Å². The van der Waals surface area contributed by atoms with Crippen molar-refractivity contribution >= 4 is 15.9 Å². The van der Waals surface area contributed by atoms with Crippen LogP contribution in [0.15, 0.2) is 29.9 Å². The van der Waals surface area contributed by atoms with Gasteiger partial charge in [-0.3, -0.25) is 9.48 Å². The van der Waals surface area contributed by atoms with E-state index in [2.05, 4.69) is 17.0 Å². The van der Waals surface area contributed by atoms with Gasteiger partial charge >= 0.3 is 0 Å². The summed E-state index contributed by atoms with van der Waals surface area (Å²) in [5.74, 6) is -0.224. The van der Waals surface area contributed by atoms with Crippen molar-refractivity contribution in [1.29, 1.82) is 0 Å². The van der Waals surface area contributed by atoms with E-state index in [1.807, 2.05) is 0 Å². The molecule has 110 valence electrons. The van der Waals surface area contributed by atoms with E-state index < -0.39 is 10.0 Å². The first-order valence-corrected chi connectivity index (χ1v) is 7.79. The molecule has 7 nitrogen and oxygen atoms in total. The molecule has 1 aromatic heterocycles. The average molecular weight is 298 g/mol. The minimum atomic E-state index is -3.48. The maximum Gasteiger partial charge on any atom is 0.246 e. The number of aromatic nitrogens is 2. The third-order valence-corrected chi connectivity index (χ3v) is 5.16. The molecule has 2 rings (SSSR count). The number of nitrogens with one attached hydrogen (secondary N) is 1. The number of hydrogen-bond donors (Lipinski definition) is 1. The van der Waals surface area contributed by atoms with Gasteiger partial charge in [0.05, 0.1) is 6.20 Å². The SMILES string of the molecule is C=CC(=O)NC1CCN(S(=O)(=O)c2cnn(C)c2)CC1. The molecule has 0 aliphatic carbocycles. The fourth-order valence-corrected chi connectivity index (χ4v) is 3.64. The minimum absolute atomic E-state index is 0.000786. The first-order valence-electron chi connectivity index (χ1n) is 6.35. The molecule has 1 fully saturated rings. The van der Waals surface area contributed by atoms with Crippen LogP contribution in [0.1, 0.15) is 12.8 Å². The number of hydrogen-bond acceptors (Lipinski definition) is 4. The van der Waals surface area contributed by atoms with Gasteiger partial charge in [0.15, 0.2) is 0 Å². The zero-order valence-corrected chi connectivity index (χ0v) is 12.1. The van der Waals surface area contributed by atoms with Gasteiger partial charge in [-0.2, -0.15) is 9.40 Å². The van der Waals surface area contributed by atoms with Crippen molar-refractivity contribution in [2.24, 2.45) is 7.05 Å². The van der Waals surface area contributed by atoms with Crippen LogP contribution in [-0.2, 0) is 21.9 Å². The molecule has 1 aliphatic heterocycles. The molecular formula is C12H18N4O3S. The number of piperidine rings is 1. The highest BCUT2D eigenvalue weighted by molar-refractivity contribution is 7.89. The van der Waals surface area contributed by atoms with Crippen molar-refractivity contribution in [3.05, 3.63) is 25.0 Å². The van der Waals surface area contributed by atoms with Gasteiger partial charge in [-0.1, -0.05) is 6.58 Å². The number of carbonyl (C=O) groups is 1. The topological polar surface area (TPSA) is 84.3 Å². The van der Waals surface area contributed by atoms with E-state index in [4.69, 9.17) is 0 Å². The summed E-state index contributed by atoms with van der Waals surface area (Å²) in [5, 5.41) is 6.68. The molecule has 1 amide bonds. The van der Waals surface area contributed by atoms with Crippen LogP contribution in [0.2, 0.25) is 0 Å². The first kappa shape index (κ1) is 14.7. The van der Waals surface area contributed by atoms with E-state index in [0.29, 0.717) is 25.9 Å². The van der Waals surface area contributed by atoms with Crippen molar-refractivity contribution in [3.8, 4) is 0 Å². The van der Waals surface area contributed by atoms with Crippen LogP contribution in [0.4, 0.5) is 0 Å². The maximum atomic E-state index is 12.4. The predicted octanol–water partition coefficient (Wildman–Crippen LogP) is -0.125. The molecular weight excluding hydrogens is 280 g/mol. The molecule has 20 heavy (non-hydrogen) atoms. The highest BCUT2D eigenvalue weighted by Gasteiger charge is 2.30. The zero-order valence-electron chi connectivity index (χ0n) is 11.3. The van der Waals surface area contributed by atoms with Gasteiger partial charge in [0.1, 0.15) is 4.90 Å². The summed E-state index contributed by atoms with van der Waals surface area (Å²) in [5.41, 5.74) is 0. The van der Waals surface area contributed by atoms with E-state index in [1.54, 1.807) is 7.05 Å². The second kappa shape index (κ2) is 5.76. The molecule has 8 heteroatoms. The zero-order chi connectivity index (χ0) is 14.8. The fourth-order valence-electron chi connectivity index (χ4n) is 2.18. The van der Waals surface area contributed by atoms with Crippen molar-refractivity contribution < 1.29 is 13.2 Å². The molecule has 0 aromatic carbocycles. The Balaban J connectivity index is 2.00. The third-order valence-electron chi connectivity index (χ3n) is 3.30. The minimum Gasteiger partial charge on any atom is -0.350 e. The molecule has 1 aliphatic rings. The molecule has 0 radical (unpaired) electrons. The lowest BCUT2D eigenvalue weighted by molar-refractivity contribution is -0.117. The Morgan fingerprint density at radius 3 is 2.65 bits per heavy atom. The molecule has 0 spiro atoms. The van der Waals surface area contributed by atoms with Crippen LogP contribution in [0.25, 0.3) is 0 Å². The van der Waals surface area contributed by atoms with E-state index in [1.165, 1.54) is 27.5 Å². The summed E-state index contributed by atoms with van der Waals surface area (Å²) >= 11 is 0. The van der Waals surface area contributed by atoms with Crippen molar-refractivity contribution in [2.75, 3.05) is 13.1 Å². The molecule has 1 aromatic rings. The molecule has 0 saturated carbocycles. The van der Waals surface area contributed by atoms with Crippen LogP contribution in [0.3, 0.4) is 0 Å². The highest BCUT2D eigenvalue weighted by atomic mass is 32.2. The molecule has 0 bridgehead atoms. The van der Waals surface area contributed by atoms with Gasteiger partial charge in [0.25, 0.3) is 0 Å². The van der Waals surface area contributed by atoms with Crippen molar-refractivity contribution in [3.63, 3.8) is 0 Å². The summed E-state index contributed by atoms with van der Waals surface area (Å²) in [4.78, 5) is 11.4. The number of amides is 1. The monoisotopic (exact) mass is 298 g/mol. The Hall–Kier alpha value is -1.67. The normalized spacial score (nSPS) is 17.9. The second-order valence-electron chi connectivity index (χ2n) is 4.74. The first-order chi connectivity index (χ1) is 9.43. The van der Waals surface area contributed by atoms with Crippen LogP contribution in [-0.4, -0.2) is 47.5 Å². The quantitative estimate of drug-likeness (QED) is 0.785. The van der Waals surface area contributed by atoms with Crippen molar-refractivity contribution in [1.82, 2.24) is 19.4 Å². The standard InChI is InChI=1S/C12H18N4O3S/c1-3-12(17)14-10-4-6-16(7-5-10)20(18,19)11-8-13-15(2)9-11/h3,8-10H,1,4-7H2,2H3,(H,14,17). The lowest BCUT2D eigenvalue weighted by atomic mass is 10.1. The van der Waals surface area contributed by atoms with Gasteiger partial charge in [-0.25, -0.2) is 8.42 Å². The van der Waals surface area contributed by atoms with Crippen LogP contribution in [0, 0.1) is 0 Å². The number of nitrogens with zero attached hydrogens (tertiary/aromatic N) is 3. The molecule has 2 heterocycles. The highest BCUT2D eigenvalue weighted by Crippen LogP contribution is 2.20. The van der Waals surface area contributed by atoms with Gasteiger partial charge in [-0.15, -0.1) is 0 Å². The third kappa shape index (κ3) is 3.07. The Morgan fingerprint density at radius 1 is 1.50 bits per heavy atom. The summed E-state index contributed by atoms with van der Waals surface area (Å²) in [6.07, 6.45) is 5.25. The number of sulfonamides is 1. The second-order valence-corrected chi connectivity index (χ2v) is 6.68. The molecule has 0 unspecified atom stereocenters. The van der Waals surface area contributed by atoms with Gasteiger partial charge in [0, 0.05) is 32.4 Å². The summed E-state index contributed by atoms with van der Waals surface area (Å²) < 4.78 is 27.6. The summed E-state index contributed by atoms with van der Waals surface area (Å²) in [6.45, 7) is 4.17. The Kier molecular flexibility index (Phi) is 4.24. The van der Waals surface area contributed by atoms with Gasteiger partial charge in [0.2, 0.25) is 15.9 Å². The van der Waals surface area contributed by atoms with Gasteiger partial charge in [-0.05, 0) is 18.9 Å². The van der Waals surface area contributed by atoms with E-state index in [-0.39, 0.29) is 16.8 Å². The lowest BCUT2D eigenvalue weighted by Crippen LogP contribution is -2.46.